The van der Waals surface area contributed by atoms with Crippen LogP contribution in [0.3, 0.4) is 0 Å². The molecule has 0 unspecified atom stereocenters. The lowest BCUT2D eigenvalue weighted by molar-refractivity contribution is -0.113. The first-order valence-corrected chi connectivity index (χ1v) is 12.1. The molecule has 0 saturated carbocycles. The smallest absolute Gasteiger partial charge is 0.251 e. The Bertz CT molecular complexity index is 1120. The second kappa shape index (κ2) is 10.8. The Morgan fingerprint density at radius 2 is 1.81 bits per heavy atom. The number of carbonyl (C=O) groups is 2. The third-order valence-corrected chi connectivity index (χ3v) is 6.65. The van der Waals surface area contributed by atoms with Crippen molar-refractivity contribution in [3.05, 3.63) is 69.5 Å². The van der Waals surface area contributed by atoms with Gasteiger partial charge in [0.2, 0.25) is 5.91 Å². The molecule has 0 radical (unpaired) electrons. The van der Waals surface area contributed by atoms with E-state index < -0.39 is 0 Å². The van der Waals surface area contributed by atoms with Crippen molar-refractivity contribution in [1.29, 1.82) is 0 Å². The fourth-order valence-electron chi connectivity index (χ4n) is 3.15. The van der Waals surface area contributed by atoms with E-state index in [-0.39, 0.29) is 23.6 Å². The second-order valence-electron chi connectivity index (χ2n) is 7.40. The molecule has 2 amide bonds. The maximum absolute atomic E-state index is 12.5. The Hall–Kier alpha value is -2.65. The number of benzene rings is 2. The lowest BCUT2D eigenvalue weighted by atomic mass is 10.1. The van der Waals surface area contributed by atoms with E-state index in [1.807, 2.05) is 62.6 Å². The van der Waals surface area contributed by atoms with Crippen LogP contribution in [0.5, 0.6) is 0 Å². The minimum absolute atomic E-state index is 0.128. The largest absolute Gasteiger partial charge is 0.342 e. The first-order valence-electron chi connectivity index (χ1n) is 10.3. The third-order valence-electron chi connectivity index (χ3n) is 5.02. The van der Waals surface area contributed by atoms with Gasteiger partial charge in [0.05, 0.1) is 17.5 Å². The quantitative estimate of drug-likeness (QED) is 0.416. The van der Waals surface area contributed by atoms with Crippen LogP contribution in [0.2, 0.25) is 0 Å². The summed E-state index contributed by atoms with van der Waals surface area (Å²) in [6, 6.07) is 12.7. The molecule has 2 aromatic carbocycles. The molecule has 0 aliphatic rings. The standard InChI is InChI=1S/C23H26BrN5O2S/c1-5-29-21(16(4)25-22(31)17-9-7-6-8-10-17)27-28-23(29)32-13-20(30)26-19-12-15(3)14(2)11-18(19)24/h6-12,16H,5,13H2,1-4H3,(H,25,31)(H,26,30)/t16-/m1/s1. The fourth-order valence-corrected chi connectivity index (χ4v) is 4.52. The van der Waals surface area contributed by atoms with Crippen LogP contribution < -0.4 is 10.6 Å². The van der Waals surface area contributed by atoms with Crippen LogP contribution in [0.25, 0.3) is 0 Å². The topological polar surface area (TPSA) is 88.9 Å². The van der Waals surface area contributed by atoms with Gasteiger partial charge in [0.1, 0.15) is 0 Å². The zero-order chi connectivity index (χ0) is 23.3. The summed E-state index contributed by atoms with van der Waals surface area (Å²) in [6.07, 6.45) is 0. The average Bonchev–Trinajstić information content (AvgIpc) is 3.19. The van der Waals surface area contributed by atoms with Gasteiger partial charge in [-0.3, -0.25) is 9.59 Å². The molecule has 0 saturated heterocycles. The molecule has 32 heavy (non-hydrogen) atoms. The second-order valence-corrected chi connectivity index (χ2v) is 9.20. The number of thioether (sulfide) groups is 1. The van der Waals surface area contributed by atoms with Gasteiger partial charge in [-0.25, -0.2) is 0 Å². The number of rotatable bonds is 8. The maximum Gasteiger partial charge on any atom is 0.251 e. The van der Waals surface area contributed by atoms with Gasteiger partial charge in [0.25, 0.3) is 5.91 Å². The van der Waals surface area contributed by atoms with Gasteiger partial charge >= 0.3 is 0 Å². The van der Waals surface area contributed by atoms with Gasteiger partial charge in [-0.15, -0.1) is 10.2 Å². The summed E-state index contributed by atoms with van der Waals surface area (Å²) in [5.74, 6) is 0.548. The summed E-state index contributed by atoms with van der Waals surface area (Å²) in [4.78, 5) is 25.0. The van der Waals surface area contributed by atoms with E-state index in [2.05, 4.69) is 36.8 Å². The number of nitrogens with one attached hydrogen (secondary N) is 2. The minimum Gasteiger partial charge on any atom is -0.342 e. The van der Waals surface area contributed by atoms with Gasteiger partial charge in [0, 0.05) is 16.6 Å². The lowest BCUT2D eigenvalue weighted by Gasteiger charge is -2.15. The highest BCUT2D eigenvalue weighted by atomic mass is 79.9. The molecule has 3 rings (SSSR count). The van der Waals surface area contributed by atoms with E-state index >= 15 is 0 Å². The van der Waals surface area contributed by atoms with Crippen molar-refractivity contribution in [3.63, 3.8) is 0 Å². The van der Waals surface area contributed by atoms with Crippen LogP contribution in [0, 0.1) is 13.8 Å². The van der Waals surface area contributed by atoms with Crippen molar-refractivity contribution < 1.29 is 9.59 Å². The SMILES string of the molecule is CCn1c(SCC(=O)Nc2cc(C)c(C)cc2Br)nnc1[C@@H](C)NC(=O)c1ccccc1. The van der Waals surface area contributed by atoms with Gasteiger partial charge in [-0.05, 0) is 79.0 Å². The molecular weight excluding hydrogens is 490 g/mol. The number of nitrogens with zero attached hydrogens (tertiary/aromatic N) is 3. The summed E-state index contributed by atoms with van der Waals surface area (Å²) < 4.78 is 2.76. The summed E-state index contributed by atoms with van der Waals surface area (Å²) in [5.41, 5.74) is 3.60. The predicted octanol–water partition coefficient (Wildman–Crippen LogP) is 4.90. The Morgan fingerprint density at radius 1 is 1.12 bits per heavy atom. The van der Waals surface area contributed by atoms with Crippen molar-refractivity contribution in [3.8, 4) is 0 Å². The van der Waals surface area contributed by atoms with Gasteiger partial charge in [0.15, 0.2) is 11.0 Å². The lowest BCUT2D eigenvalue weighted by Crippen LogP contribution is -2.28. The number of aryl methyl sites for hydroxylation is 2. The summed E-state index contributed by atoms with van der Waals surface area (Å²) in [5, 5.41) is 15.0. The zero-order valence-electron chi connectivity index (χ0n) is 18.5. The summed E-state index contributed by atoms with van der Waals surface area (Å²) >= 11 is 4.82. The molecular formula is C23H26BrN5O2S. The van der Waals surface area contributed by atoms with E-state index in [4.69, 9.17) is 0 Å². The van der Waals surface area contributed by atoms with Crippen molar-refractivity contribution in [1.82, 2.24) is 20.1 Å². The number of carbonyl (C=O) groups excluding carboxylic acids is 2. The van der Waals surface area contributed by atoms with E-state index in [1.54, 1.807) is 12.1 Å². The molecule has 0 fully saturated rings. The van der Waals surface area contributed by atoms with Crippen molar-refractivity contribution in [2.45, 2.75) is 45.4 Å². The molecule has 0 bridgehead atoms. The van der Waals surface area contributed by atoms with Gasteiger partial charge < -0.3 is 15.2 Å². The molecule has 0 aliphatic carbocycles. The Labute approximate surface area is 200 Å². The van der Waals surface area contributed by atoms with Crippen LogP contribution in [-0.4, -0.2) is 32.3 Å². The third kappa shape index (κ3) is 5.77. The van der Waals surface area contributed by atoms with Crippen LogP contribution in [0.4, 0.5) is 5.69 Å². The normalized spacial score (nSPS) is 11.8. The number of anilines is 1. The number of amides is 2. The van der Waals surface area contributed by atoms with Crippen LogP contribution in [-0.2, 0) is 11.3 Å². The van der Waals surface area contributed by atoms with Crippen LogP contribution >= 0.6 is 27.7 Å². The molecule has 168 valence electrons. The highest BCUT2D eigenvalue weighted by molar-refractivity contribution is 9.10. The highest BCUT2D eigenvalue weighted by Crippen LogP contribution is 2.27. The molecule has 0 spiro atoms. The highest BCUT2D eigenvalue weighted by Gasteiger charge is 2.20. The van der Waals surface area contributed by atoms with E-state index in [1.165, 1.54) is 11.8 Å². The molecule has 7 nitrogen and oxygen atoms in total. The summed E-state index contributed by atoms with van der Waals surface area (Å²) in [6.45, 7) is 8.51. The number of aromatic nitrogens is 3. The molecule has 1 aromatic heterocycles. The minimum atomic E-state index is -0.329. The van der Waals surface area contributed by atoms with E-state index in [0.29, 0.717) is 23.1 Å². The monoisotopic (exact) mass is 515 g/mol. The Morgan fingerprint density at radius 3 is 2.50 bits per heavy atom. The van der Waals surface area contributed by atoms with Crippen LogP contribution in [0.15, 0.2) is 52.1 Å². The number of hydrogen-bond acceptors (Lipinski definition) is 5. The molecule has 0 aliphatic heterocycles. The van der Waals surface area contributed by atoms with Gasteiger partial charge in [-0.1, -0.05) is 30.0 Å². The number of halogens is 1. The number of hydrogen-bond donors (Lipinski definition) is 2. The predicted molar refractivity (Wildman–Crippen MR) is 131 cm³/mol. The molecule has 9 heteroatoms. The Balaban J connectivity index is 1.64. The first-order chi connectivity index (χ1) is 15.3. The van der Waals surface area contributed by atoms with Crippen molar-refractivity contribution in [2.24, 2.45) is 0 Å². The Kier molecular flexibility index (Phi) is 8.09. The molecule has 3 aromatic rings. The molecule has 1 heterocycles. The zero-order valence-corrected chi connectivity index (χ0v) is 20.9. The van der Waals surface area contributed by atoms with E-state index in [0.717, 1.165) is 21.3 Å². The van der Waals surface area contributed by atoms with Crippen molar-refractivity contribution >= 4 is 45.2 Å². The summed E-state index contributed by atoms with van der Waals surface area (Å²) in [7, 11) is 0. The first kappa shape index (κ1) is 24.0. The van der Waals surface area contributed by atoms with Gasteiger partial charge in [-0.2, -0.15) is 0 Å². The average molecular weight is 516 g/mol. The maximum atomic E-state index is 12.5. The molecule has 2 N–H and O–H groups in total. The van der Waals surface area contributed by atoms with Crippen LogP contribution in [0.1, 0.15) is 47.2 Å². The van der Waals surface area contributed by atoms with Crippen molar-refractivity contribution in [2.75, 3.05) is 11.1 Å². The fraction of sp³-hybridized carbons (Fsp3) is 0.304. The molecule has 1 atom stereocenters. The van der Waals surface area contributed by atoms with E-state index in [9.17, 15) is 9.59 Å².